The number of nitrogens with zero attached hydrogens (tertiary/aromatic N) is 4. The van der Waals surface area contributed by atoms with Crippen LogP contribution in [0.2, 0.25) is 0 Å². The van der Waals surface area contributed by atoms with Crippen LogP contribution in [0.15, 0.2) is 36.9 Å². The lowest BCUT2D eigenvalue weighted by Crippen LogP contribution is -2.33. The molecule has 0 saturated heterocycles. The lowest BCUT2D eigenvalue weighted by Gasteiger charge is -2.17. The van der Waals surface area contributed by atoms with E-state index in [0.29, 0.717) is 17.6 Å². The Morgan fingerprint density at radius 2 is 2.11 bits per heavy atom. The summed E-state index contributed by atoms with van der Waals surface area (Å²) in [5, 5.41) is 2.89. The average molecular weight is 390 g/mol. The van der Waals surface area contributed by atoms with Crippen molar-refractivity contribution in [1.29, 1.82) is 0 Å². The Labute approximate surface area is 157 Å². The summed E-state index contributed by atoms with van der Waals surface area (Å²) in [5.41, 5.74) is 2.84. The highest BCUT2D eigenvalue weighted by Crippen LogP contribution is 2.35. The number of fused-ring (bicyclic) bond motifs is 2. The lowest BCUT2D eigenvalue weighted by atomic mass is 10.1. The number of ether oxygens (including phenoxy) is 1. The van der Waals surface area contributed by atoms with Gasteiger partial charge in [-0.1, -0.05) is 0 Å². The van der Waals surface area contributed by atoms with Crippen molar-refractivity contribution in [3.8, 4) is 17.0 Å². The topological polar surface area (TPSA) is 80.1 Å². The molecule has 0 aliphatic heterocycles. The number of hydrogen-bond acceptors (Lipinski definition) is 5. The molecular weight excluding hydrogens is 373 g/mol. The number of hydrogen-bond donors (Lipinski definition) is 2. The van der Waals surface area contributed by atoms with Gasteiger partial charge in [0.1, 0.15) is 17.3 Å². The third kappa shape index (κ3) is 3.21. The average Bonchev–Trinajstić information content (AvgIpc) is 3.27. The van der Waals surface area contributed by atoms with Crippen molar-refractivity contribution >= 4 is 22.6 Å². The maximum absolute atomic E-state index is 12.9. The van der Waals surface area contributed by atoms with Crippen LogP contribution in [0.1, 0.15) is 13.8 Å². The summed E-state index contributed by atoms with van der Waals surface area (Å²) >= 11 is 0. The molecule has 0 fully saturated rings. The highest BCUT2D eigenvalue weighted by molar-refractivity contribution is 5.97. The van der Waals surface area contributed by atoms with Crippen LogP contribution < -0.4 is 10.1 Å². The number of nitrogens with one attached hydrogen (secondary N) is 2. The third-order valence-electron chi connectivity index (χ3n) is 4.32. The van der Waals surface area contributed by atoms with Crippen molar-refractivity contribution < 1.29 is 17.9 Å². The minimum Gasteiger partial charge on any atom is -0.477 e. The van der Waals surface area contributed by atoms with Crippen molar-refractivity contribution in [1.82, 2.24) is 24.3 Å². The van der Waals surface area contributed by atoms with Gasteiger partial charge in [0.05, 0.1) is 12.0 Å². The zero-order chi connectivity index (χ0) is 19.9. The third-order valence-corrected chi connectivity index (χ3v) is 4.32. The fourth-order valence-electron chi connectivity index (χ4n) is 2.89. The zero-order valence-corrected chi connectivity index (χ0v) is 15.1. The van der Waals surface area contributed by atoms with Crippen LogP contribution in [-0.2, 0) is 0 Å². The number of rotatable bonds is 5. The second-order valence-corrected chi connectivity index (χ2v) is 6.23. The van der Waals surface area contributed by atoms with E-state index in [2.05, 4.69) is 25.3 Å². The minimum absolute atomic E-state index is 0.153. The van der Waals surface area contributed by atoms with E-state index in [9.17, 15) is 13.2 Å². The highest BCUT2D eigenvalue weighted by atomic mass is 19.4. The van der Waals surface area contributed by atoms with E-state index in [-0.39, 0.29) is 11.8 Å². The van der Waals surface area contributed by atoms with E-state index in [4.69, 9.17) is 4.74 Å². The zero-order valence-electron chi connectivity index (χ0n) is 15.1. The van der Waals surface area contributed by atoms with E-state index in [0.717, 1.165) is 23.7 Å². The minimum atomic E-state index is -4.41. The number of aromatic nitrogens is 5. The molecule has 4 heterocycles. The van der Waals surface area contributed by atoms with Crippen LogP contribution in [-0.4, -0.2) is 43.2 Å². The fraction of sp³-hybridized carbons (Fsp3) is 0.278. The first kappa shape index (κ1) is 18.1. The second kappa shape index (κ2) is 6.70. The molecule has 4 rings (SSSR count). The van der Waals surface area contributed by atoms with Gasteiger partial charge in [-0.15, -0.1) is 0 Å². The number of halogens is 3. The molecule has 28 heavy (non-hydrogen) atoms. The van der Waals surface area contributed by atoms with Gasteiger partial charge < -0.3 is 19.4 Å². The molecule has 4 aromatic rings. The van der Waals surface area contributed by atoms with E-state index in [1.165, 1.54) is 0 Å². The van der Waals surface area contributed by atoms with E-state index < -0.39 is 12.2 Å². The number of aromatic amines is 1. The molecule has 0 radical (unpaired) electrons. The first-order chi connectivity index (χ1) is 13.4. The maximum atomic E-state index is 12.9. The number of anilines is 1. The Morgan fingerprint density at radius 1 is 1.29 bits per heavy atom. The van der Waals surface area contributed by atoms with Gasteiger partial charge in [0.2, 0.25) is 11.8 Å². The summed E-state index contributed by atoms with van der Waals surface area (Å²) in [6.45, 7) is 3.10. The van der Waals surface area contributed by atoms with Crippen molar-refractivity contribution in [2.24, 2.45) is 0 Å². The van der Waals surface area contributed by atoms with Crippen LogP contribution >= 0.6 is 0 Å². The van der Waals surface area contributed by atoms with Crippen molar-refractivity contribution in [2.45, 2.75) is 26.1 Å². The molecule has 0 aliphatic carbocycles. The predicted molar refractivity (Wildman–Crippen MR) is 98.4 cm³/mol. The Bertz CT molecular complexity index is 1130. The van der Waals surface area contributed by atoms with Gasteiger partial charge in [-0.25, -0.2) is 4.98 Å². The van der Waals surface area contributed by atoms with Gasteiger partial charge in [-0.3, -0.25) is 0 Å². The number of imidazole rings is 1. The summed E-state index contributed by atoms with van der Waals surface area (Å²) in [5.74, 6) is 0.0607. The van der Waals surface area contributed by atoms with E-state index in [1.807, 2.05) is 28.9 Å². The van der Waals surface area contributed by atoms with E-state index >= 15 is 0 Å². The number of H-pyrrole nitrogens is 1. The Balaban J connectivity index is 1.81. The van der Waals surface area contributed by atoms with Gasteiger partial charge in [0.25, 0.3) is 0 Å². The molecule has 2 N–H and O–H groups in total. The molecule has 0 aromatic carbocycles. The smallest absolute Gasteiger partial charge is 0.408 e. The first-order valence-electron chi connectivity index (χ1n) is 8.65. The first-order valence-corrected chi connectivity index (χ1v) is 8.65. The Hall–Kier alpha value is -3.30. The van der Waals surface area contributed by atoms with Gasteiger partial charge in [0, 0.05) is 35.9 Å². The number of alkyl halides is 3. The van der Waals surface area contributed by atoms with Gasteiger partial charge in [-0.2, -0.15) is 23.1 Å². The molecule has 10 heteroatoms. The maximum Gasteiger partial charge on any atom is 0.408 e. The molecule has 0 amide bonds. The lowest BCUT2D eigenvalue weighted by molar-refractivity contribution is -0.138. The van der Waals surface area contributed by atoms with Crippen LogP contribution in [0.25, 0.3) is 27.8 Å². The largest absolute Gasteiger partial charge is 0.477 e. The predicted octanol–water partition coefficient (Wildman–Crippen LogP) is 4.03. The standard InChI is InChI=1S/C18H17F3N6O/c1-3-28-16-14-12(11-4-5-13-22-6-7-27(13)9-11)8-23-15(14)25-17(26-16)24-10(2)18(19,20)21/h4-10H,3H2,1-2H3,(H2,23,24,25,26)/t10-/m1/s1. The molecular formula is C18H17F3N6O. The Morgan fingerprint density at radius 3 is 2.86 bits per heavy atom. The van der Waals surface area contributed by atoms with Gasteiger partial charge in [-0.05, 0) is 26.0 Å². The second-order valence-electron chi connectivity index (χ2n) is 6.23. The Kier molecular flexibility index (Phi) is 4.33. The summed E-state index contributed by atoms with van der Waals surface area (Å²) in [7, 11) is 0. The van der Waals surface area contributed by atoms with Crippen molar-refractivity contribution in [3.63, 3.8) is 0 Å². The molecule has 0 saturated carbocycles. The molecule has 0 aliphatic rings. The van der Waals surface area contributed by atoms with Crippen molar-refractivity contribution in [3.05, 3.63) is 36.9 Å². The number of pyridine rings is 1. The fourth-order valence-corrected chi connectivity index (χ4v) is 2.89. The summed E-state index contributed by atoms with van der Waals surface area (Å²) < 4.78 is 46.1. The molecule has 0 bridgehead atoms. The normalized spacial score (nSPS) is 13.2. The van der Waals surface area contributed by atoms with E-state index in [1.54, 1.807) is 19.3 Å². The molecule has 4 aromatic heterocycles. The molecule has 146 valence electrons. The molecule has 0 unspecified atom stereocenters. The van der Waals surface area contributed by atoms with Gasteiger partial charge >= 0.3 is 6.18 Å². The quantitative estimate of drug-likeness (QED) is 0.538. The van der Waals surface area contributed by atoms with Crippen LogP contribution in [0.5, 0.6) is 5.88 Å². The summed E-state index contributed by atoms with van der Waals surface area (Å²) in [6.07, 6.45) is 2.75. The van der Waals surface area contributed by atoms with Crippen LogP contribution in [0, 0.1) is 0 Å². The molecule has 0 spiro atoms. The molecule has 7 nitrogen and oxygen atoms in total. The van der Waals surface area contributed by atoms with Crippen LogP contribution in [0.3, 0.4) is 0 Å². The SMILES string of the molecule is CCOc1nc(N[C@H](C)C(F)(F)F)nc2[nH]cc(-c3ccc4nccn4c3)c12. The summed E-state index contributed by atoms with van der Waals surface area (Å²) in [4.78, 5) is 15.6. The van der Waals surface area contributed by atoms with Gasteiger partial charge in [0.15, 0.2) is 0 Å². The summed E-state index contributed by atoms with van der Waals surface area (Å²) in [6, 6.07) is 1.98. The monoisotopic (exact) mass is 390 g/mol. The van der Waals surface area contributed by atoms with Crippen molar-refractivity contribution in [2.75, 3.05) is 11.9 Å². The highest BCUT2D eigenvalue weighted by Gasteiger charge is 2.36. The molecule has 1 atom stereocenters. The van der Waals surface area contributed by atoms with Crippen LogP contribution in [0.4, 0.5) is 19.1 Å².